The van der Waals surface area contributed by atoms with E-state index in [1.807, 2.05) is 36.4 Å². The highest BCUT2D eigenvalue weighted by Crippen LogP contribution is 2.41. The van der Waals surface area contributed by atoms with Crippen LogP contribution in [0.15, 0.2) is 53.3 Å². The molecule has 0 fully saturated rings. The summed E-state index contributed by atoms with van der Waals surface area (Å²) in [6.45, 7) is 1.49. The van der Waals surface area contributed by atoms with E-state index < -0.39 is 23.3 Å². The molecule has 0 saturated heterocycles. The Kier molecular flexibility index (Phi) is 5.40. The van der Waals surface area contributed by atoms with Crippen molar-refractivity contribution in [2.45, 2.75) is 18.9 Å². The summed E-state index contributed by atoms with van der Waals surface area (Å²) < 4.78 is 11.4. The first kappa shape index (κ1) is 20.6. The van der Waals surface area contributed by atoms with Crippen LogP contribution in [0.25, 0.3) is 0 Å². The van der Waals surface area contributed by atoms with E-state index in [1.165, 1.54) is 0 Å². The molecular weight excluding hydrogens is 422 g/mol. The topological polar surface area (TPSA) is 129 Å². The van der Waals surface area contributed by atoms with Crippen molar-refractivity contribution in [3.8, 4) is 17.6 Å². The Hall–Kier alpha value is -4.32. The van der Waals surface area contributed by atoms with Crippen LogP contribution in [-0.4, -0.2) is 29.1 Å². The first-order valence-corrected chi connectivity index (χ1v) is 10.7. The van der Waals surface area contributed by atoms with Crippen molar-refractivity contribution in [1.29, 1.82) is 5.26 Å². The van der Waals surface area contributed by atoms with Crippen LogP contribution in [0, 0.1) is 17.2 Å². The molecule has 2 atom stereocenters. The molecule has 1 amide bonds. The quantitative estimate of drug-likeness (QED) is 0.565. The highest BCUT2D eigenvalue weighted by atomic mass is 16.5. The minimum atomic E-state index is -1.09. The third-order valence-corrected chi connectivity index (χ3v) is 5.70. The van der Waals surface area contributed by atoms with Crippen molar-refractivity contribution in [1.82, 2.24) is 9.97 Å². The molecule has 1 aromatic heterocycles. The molecule has 0 spiro atoms. The Morgan fingerprint density at radius 3 is 2.67 bits per heavy atom. The Balaban J connectivity index is 1.53. The summed E-state index contributed by atoms with van der Waals surface area (Å²) in [7, 11) is 0. The van der Waals surface area contributed by atoms with Gasteiger partial charge in [0.25, 0.3) is 5.56 Å². The minimum absolute atomic E-state index is 0.142. The fourth-order valence-electron chi connectivity index (χ4n) is 4.11. The summed E-state index contributed by atoms with van der Waals surface area (Å²) in [6, 6.07) is 16.9. The van der Waals surface area contributed by atoms with E-state index in [0.29, 0.717) is 36.8 Å². The minimum Gasteiger partial charge on any atom is -0.490 e. The summed E-state index contributed by atoms with van der Waals surface area (Å²) in [5, 5.41) is 15.4. The molecule has 2 unspecified atom stereocenters. The molecule has 9 nitrogen and oxygen atoms in total. The van der Waals surface area contributed by atoms with Gasteiger partial charge >= 0.3 is 0 Å². The standard InChI is InChI=1S/C24H21N5O4/c25-12-16-19(15-7-8-17-18(11-15)33-10-4-9-32-17)20-21(27-22(16)30)28-24(29-23(20)31)26-13-14-5-2-1-3-6-14/h1-3,5-8,11,16,19H,4,9-10,13H2,(H3,26,27,28,29,30,31). The lowest BCUT2D eigenvalue weighted by molar-refractivity contribution is -0.119. The smallest absolute Gasteiger partial charge is 0.258 e. The van der Waals surface area contributed by atoms with Gasteiger partial charge in [-0.05, 0) is 23.3 Å². The number of carbonyl (C=O) groups excluding carboxylic acids is 1. The molecule has 166 valence electrons. The SMILES string of the molecule is N#CC1C(=O)Nc2nc(NCc3ccccc3)[nH]c(=O)c2C1c1ccc2c(c1)OCCCO2. The van der Waals surface area contributed by atoms with E-state index in [4.69, 9.17) is 9.47 Å². The predicted octanol–water partition coefficient (Wildman–Crippen LogP) is 2.77. The maximum atomic E-state index is 13.1. The molecular formula is C24H21N5O4. The molecule has 0 aliphatic carbocycles. The first-order valence-electron chi connectivity index (χ1n) is 10.7. The van der Waals surface area contributed by atoms with Crippen molar-refractivity contribution in [3.63, 3.8) is 0 Å². The molecule has 9 heteroatoms. The molecule has 0 radical (unpaired) electrons. The number of benzene rings is 2. The zero-order chi connectivity index (χ0) is 22.8. The predicted molar refractivity (Wildman–Crippen MR) is 120 cm³/mol. The zero-order valence-corrected chi connectivity index (χ0v) is 17.6. The van der Waals surface area contributed by atoms with E-state index in [1.54, 1.807) is 18.2 Å². The average molecular weight is 443 g/mol. The fraction of sp³-hybridized carbons (Fsp3) is 0.250. The second-order valence-corrected chi connectivity index (χ2v) is 7.85. The number of anilines is 2. The molecule has 0 bridgehead atoms. The molecule has 3 N–H and O–H groups in total. The Bertz CT molecular complexity index is 1300. The van der Waals surface area contributed by atoms with E-state index in [2.05, 4.69) is 20.6 Å². The third-order valence-electron chi connectivity index (χ3n) is 5.70. The number of hydrogen-bond donors (Lipinski definition) is 3. The monoisotopic (exact) mass is 443 g/mol. The number of rotatable bonds is 4. The molecule has 0 saturated carbocycles. The highest BCUT2D eigenvalue weighted by molar-refractivity contribution is 5.98. The van der Waals surface area contributed by atoms with Crippen LogP contribution in [-0.2, 0) is 11.3 Å². The van der Waals surface area contributed by atoms with Gasteiger partial charge in [-0.2, -0.15) is 10.2 Å². The first-order chi connectivity index (χ1) is 16.1. The van der Waals surface area contributed by atoms with E-state index >= 15 is 0 Å². The van der Waals surface area contributed by atoms with Crippen LogP contribution < -0.4 is 25.7 Å². The number of nitrogens with one attached hydrogen (secondary N) is 3. The van der Waals surface area contributed by atoms with Gasteiger partial charge in [-0.15, -0.1) is 0 Å². The van der Waals surface area contributed by atoms with Gasteiger partial charge in [0.05, 0.1) is 24.8 Å². The normalized spacial score (nSPS) is 18.9. The number of nitrogens with zero attached hydrogens (tertiary/aromatic N) is 2. The maximum Gasteiger partial charge on any atom is 0.258 e. The van der Waals surface area contributed by atoms with Gasteiger partial charge in [0, 0.05) is 18.9 Å². The van der Waals surface area contributed by atoms with Crippen LogP contribution in [0.2, 0.25) is 0 Å². The van der Waals surface area contributed by atoms with Crippen molar-refractivity contribution in [2.24, 2.45) is 5.92 Å². The van der Waals surface area contributed by atoms with E-state index in [9.17, 15) is 14.9 Å². The van der Waals surface area contributed by atoms with Gasteiger partial charge in [-0.3, -0.25) is 14.6 Å². The second kappa shape index (κ2) is 8.67. The number of aromatic amines is 1. The number of hydrogen-bond acceptors (Lipinski definition) is 7. The summed E-state index contributed by atoms with van der Waals surface area (Å²) in [5.41, 5.74) is 1.43. The summed E-state index contributed by atoms with van der Waals surface area (Å²) in [4.78, 5) is 33.1. The Morgan fingerprint density at radius 2 is 1.88 bits per heavy atom. The van der Waals surface area contributed by atoms with E-state index in [0.717, 1.165) is 12.0 Å². The fourth-order valence-corrected chi connectivity index (χ4v) is 4.11. The van der Waals surface area contributed by atoms with Gasteiger partial charge in [-0.1, -0.05) is 36.4 Å². The average Bonchev–Trinajstić information content (AvgIpc) is 3.07. The van der Waals surface area contributed by atoms with Crippen LogP contribution >= 0.6 is 0 Å². The van der Waals surface area contributed by atoms with Gasteiger partial charge in [0.15, 0.2) is 11.5 Å². The summed E-state index contributed by atoms with van der Waals surface area (Å²) >= 11 is 0. The lowest BCUT2D eigenvalue weighted by atomic mass is 9.79. The number of fused-ring (bicyclic) bond motifs is 2. The van der Waals surface area contributed by atoms with Gasteiger partial charge in [-0.25, -0.2) is 0 Å². The molecule has 5 rings (SSSR count). The van der Waals surface area contributed by atoms with E-state index in [-0.39, 0.29) is 17.3 Å². The van der Waals surface area contributed by atoms with Gasteiger partial charge in [0.2, 0.25) is 11.9 Å². The number of H-pyrrole nitrogens is 1. The zero-order valence-electron chi connectivity index (χ0n) is 17.6. The molecule has 2 aromatic carbocycles. The molecule has 2 aliphatic heterocycles. The molecule has 33 heavy (non-hydrogen) atoms. The number of nitriles is 1. The number of amides is 1. The molecule has 3 heterocycles. The van der Waals surface area contributed by atoms with Crippen LogP contribution in [0.3, 0.4) is 0 Å². The molecule has 2 aliphatic rings. The van der Waals surface area contributed by atoms with Crippen molar-refractivity contribution >= 4 is 17.7 Å². The lowest BCUT2D eigenvalue weighted by Gasteiger charge is -2.28. The maximum absolute atomic E-state index is 13.1. The Morgan fingerprint density at radius 1 is 1.09 bits per heavy atom. The number of ether oxygens (including phenoxy) is 2. The van der Waals surface area contributed by atoms with Crippen LogP contribution in [0.5, 0.6) is 11.5 Å². The molecule has 3 aromatic rings. The van der Waals surface area contributed by atoms with Crippen LogP contribution in [0.4, 0.5) is 11.8 Å². The summed E-state index contributed by atoms with van der Waals surface area (Å²) in [6.07, 6.45) is 0.752. The lowest BCUT2D eigenvalue weighted by Crippen LogP contribution is -2.38. The van der Waals surface area contributed by atoms with Gasteiger partial charge < -0.3 is 20.1 Å². The highest BCUT2D eigenvalue weighted by Gasteiger charge is 2.40. The van der Waals surface area contributed by atoms with Crippen molar-refractivity contribution < 1.29 is 14.3 Å². The van der Waals surface area contributed by atoms with Gasteiger partial charge in [0.1, 0.15) is 11.7 Å². The second-order valence-electron chi connectivity index (χ2n) is 7.85. The number of carbonyl (C=O) groups is 1. The van der Waals surface area contributed by atoms with Crippen LogP contribution in [0.1, 0.15) is 29.0 Å². The number of aromatic nitrogens is 2. The largest absolute Gasteiger partial charge is 0.490 e. The summed E-state index contributed by atoms with van der Waals surface area (Å²) in [5.74, 6) is -0.894. The third kappa shape index (κ3) is 3.99. The van der Waals surface area contributed by atoms with Crippen molar-refractivity contribution in [2.75, 3.05) is 23.8 Å². The Labute approximate surface area is 189 Å². The van der Waals surface area contributed by atoms with Crippen molar-refractivity contribution in [3.05, 3.63) is 75.6 Å².